The van der Waals surface area contributed by atoms with E-state index in [0.29, 0.717) is 34.7 Å². The lowest BCUT2D eigenvalue weighted by atomic mass is 9.93. The second-order valence-corrected chi connectivity index (χ2v) is 10.5. The summed E-state index contributed by atoms with van der Waals surface area (Å²) >= 11 is 1.57. The van der Waals surface area contributed by atoms with E-state index in [1.807, 2.05) is 35.7 Å². The number of carbonyl (C=O) groups is 2. The lowest BCUT2D eigenvalue weighted by molar-refractivity contribution is -0.122. The number of hydrogen-bond donors (Lipinski definition) is 2. The molecule has 176 valence electrons. The maximum Gasteiger partial charge on any atom is 0.261 e. The van der Waals surface area contributed by atoms with Crippen LogP contribution < -0.4 is 10.2 Å². The third-order valence-electron chi connectivity index (χ3n) is 7.73. The van der Waals surface area contributed by atoms with Crippen LogP contribution in [0.3, 0.4) is 0 Å². The minimum Gasteiger partial charge on any atom is -0.352 e. The maximum atomic E-state index is 13.2. The number of amides is 2. The lowest BCUT2D eigenvalue weighted by Gasteiger charge is -2.37. The predicted molar refractivity (Wildman–Crippen MR) is 137 cm³/mol. The molecule has 2 unspecified atom stereocenters. The van der Waals surface area contributed by atoms with Gasteiger partial charge in [0.15, 0.2) is 0 Å². The Morgan fingerprint density at radius 3 is 2.77 bits per heavy atom. The number of para-hydroxylation sites is 1. The summed E-state index contributed by atoms with van der Waals surface area (Å²) in [6, 6.07) is 10.3. The predicted octanol–water partition coefficient (Wildman–Crippen LogP) is 3.27. The fourth-order valence-electron chi connectivity index (χ4n) is 5.99. The van der Waals surface area contributed by atoms with Crippen molar-refractivity contribution in [2.24, 2.45) is 5.92 Å². The van der Waals surface area contributed by atoms with Gasteiger partial charge < -0.3 is 14.8 Å². The van der Waals surface area contributed by atoms with Gasteiger partial charge in [-0.15, -0.1) is 11.3 Å². The smallest absolute Gasteiger partial charge is 0.261 e. The van der Waals surface area contributed by atoms with Crippen LogP contribution in [0.2, 0.25) is 0 Å². The largest absolute Gasteiger partial charge is 0.352 e. The van der Waals surface area contributed by atoms with Crippen LogP contribution in [0, 0.1) is 5.92 Å². The molecule has 1 aromatic carbocycles. The molecule has 6 heterocycles. The third kappa shape index (κ3) is 3.15. The molecule has 0 saturated carbocycles. The molecule has 0 bridgehead atoms. The van der Waals surface area contributed by atoms with Crippen molar-refractivity contribution in [3.05, 3.63) is 53.2 Å². The van der Waals surface area contributed by atoms with Gasteiger partial charge in [0.1, 0.15) is 4.83 Å². The number of nitrogens with one attached hydrogen (secondary N) is 2. The van der Waals surface area contributed by atoms with Crippen LogP contribution in [0.25, 0.3) is 32.3 Å². The quantitative estimate of drug-likeness (QED) is 0.434. The number of nitrogens with zero attached hydrogens (tertiary/aromatic N) is 4. The Balaban J connectivity index is 1.41. The number of carbonyl (C=O) groups excluding carboxylic acids is 2. The number of likely N-dealkylation sites (tertiary alicyclic amines) is 1. The van der Waals surface area contributed by atoms with Crippen LogP contribution in [-0.2, 0) is 9.59 Å². The van der Waals surface area contributed by atoms with E-state index in [1.54, 1.807) is 17.5 Å². The first-order valence-electron chi connectivity index (χ1n) is 12.0. The molecule has 35 heavy (non-hydrogen) atoms. The maximum absolute atomic E-state index is 13.2. The molecular formula is C26H24N6O2S. The van der Waals surface area contributed by atoms with Crippen molar-refractivity contribution in [1.29, 1.82) is 0 Å². The molecule has 2 N–H and O–H groups in total. The van der Waals surface area contributed by atoms with E-state index in [1.165, 1.54) is 6.42 Å². The van der Waals surface area contributed by atoms with E-state index in [0.717, 1.165) is 52.7 Å². The normalized spacial score (nSPS) is 23.1. The summed E-state index contributed by atoms with van der Waals surface area (Å²) in [7, 11) is 2.21. The Morgan fingerprint density at radius 2 is 1.86 bits per heavy atom. The Morgan fingerprint density at radius 1 is 1.00 bits per heavy atom. The van der Waals surface area contributed by atoms with Gasteiger partial charge in [0, 0.05) is 41.7 Å². The number of H-pyrrole nitrogens is 1. The molecular weight excluding hydrogens is 460 g/mol. The minimum atomic E-state index is -0.416. The Bertz CT molecular complexity index is 1550. The highest BCUT2D eigenvalue weighted by atomic mass is 32.1. The summed E-state index contributed by atoms with van der Waals surface area (Å²) in [5, 5.41) is 6.19. The summed E-state index contributed by atoms with van der Waals surface area (Å²) in [4.78, 5) is 45.0. The van der Waals surface area contributed by atoms with Crippen LogP contribution in [0.4, 0.5) is 5.95 Å². The Labute approximate surface area is 205 Å². The summed E-state index contributed by atoms with van der Waals surface area (Å²) in [5.74, 6) is 0.405. The summed E-state index contributed by atoms with van der Waals surface area (Å²) in [6.07, 6.45) is 4.05. The van der Waals surface area contributed by atoms with E-state index in [9.17, 15) is 9.59 Å². The fraction of sp³-hybridized carbons (Fsp3) is 0.308. The summed E-state index contributed by atoms with van der Waals surface area (Å²) < 4.78 is 0. The van der Waals surface area contributed by atoms with Gasteiger partial charge in [-0.3, -0.25) is 14.9 Å². The minimum absolute atomic E-state index is 0.317. The fourth-order valence-corrected chi connectivity index (χ4v) is 6.76. The van der Waals surface area contributed by atoms with Gasteiger partial charge >= 0.3 is 0 Å². The number of thiophene rings is 1. The molecule has 0 spiro atoms. The zero-order valence-corrected chi connectivity index (χ0v) is 20.1. The number of rotatable bonds is 3. The van der Waals surface area contributed by atoms with Gasteiger partial charge in [0.2, 0.25) is 5.95 Å². The van der Waals surface area contributed by atoms with E-state index in [-0.39, 0.29) is 0 Å². The molecule has 3 aliphatic heterocycles. The highest BCUT2D eigenvalue weighted by molar-refractivity contribution is 7.16. The van der Waals surface area contributed by atoms with Gasteiger partial charge in [-0.25, -0.2) is 9.97 Å². The summed E-state index contributed by atoms with van der Waals surface area (Å²) in [5.41, 5.74) is 2.69. The highest BCUT2D eigenvalue weighted by Crippen LogP contribution is 2.39. The van der Waals surface area contributed by atoms with Crippen LogP contribution >= 0.6 is 11.3 Å². The molecule has 9 heteroatoms. The SMILES string of the molecule is CN1CCC2CN(c3nc(C4=C(c5c[nH]c6sccc56)C(=O)NC4=O)c4ccccc4n3)CCC21. The van der Waals surface area contributed by atoms with Crippen LogP contribution in [0.15, 0.2) is 41.9 Å². The van der Waals surface area contributed by atoms with Crippen LogP contribution in [-0.4, -0.2) is 64.4 Å². The summed E-state index contributed by atoms with van der Waals surface area (Å²) in [6.45, 7) is 2.89. The Kier molecular flexibility index (Phi) is 4.59. The first-order chi connectivity index (χ1) is 17.1. The molecule has 2 atom stereocenters. The topological polar surface area (TPSA) is 94.2 Å². The molecule has 7 rings (SSSR count). The second kappa shape index (κ2) is 7.73. The molecule has 8 nitrogen and oxygen atoms in total. The number of hydrogen-bond acceptors (Lipinski definition) is 7. The molecule has 2 fully saturated rings. The third-order valence-corrected chi connectivity index (χ3v) is 8.57. The van der Waals surface area contributed by atoms with Gasteiger partial charge in [-0.05, 0) is 49.9 Å². The van der Waals surface area contributed by atoms with E-state index < -0.39 is 11.8 Å². The van der Waals surface area contributed by atoms with Crippen molar-refractivity contribution >= 4 is 61.4 Å². The van der Waals surface area contributed by atoms with Crippen molar-refractivity contribution < 1.29 is 9.59 Å². The van der Waals surface area contributed by atoms with Gasteiger partial charge in [0.25, 0.3) is 11.8 Å². The number of aromatic amines is 1. The van der Waals surface area contributed by atoms with Crippen molar-refractivity contribution in [1.82, 2.24) is 25.2 Å². The first kappa shape index (κ1) is 20.8. The molecule has 3 aromatic heterocycles. The monoisotopic (exact) mass is 484 g/mol. The number of imide groups is 1. The number of fused-ring (bicyclic) bond motifs is 3. The molecule has 2 amide bonds. The van der Waals surface area contributed by atoms with Gasteiger partial charge in [0.05, 0.1) is 22.4 Å². The highest BCUT2D eigenvalue weighted by Gasteiger charge is 2.39. The van der Waals surface area contributed by atoms with E-state index >= 15 is 0 Å². The number of piperidine rings is 1. The second-order valence-electron chi connectivity index (χ2n) is 9.62. The number of anilines is 1. The zero-order chi connectivity index (χ0) is 23.7. The van der Waals surface area contributed by atoms with Crippen molar-refractivity contribution in [3.8, 4) is 0 Å². The molecule has 3 aliphatic rings. The number of benzene rings is 1. The molecule has 4 aromatic rings. The first-order valence-corrected chi connectivity index (χ1v) is 12.8. The average Bonchev–Trinajstić information content (AvgIpc) is 3.63. The van der Waals surface area contributed by atoms with Crippen LogP contribution in [0.5, 0.6) is 0 Å². The van der Waals surface area contributed by atoms with Crippen molar-refractivity contribution in [2.45, 2.75) is 18.9 Å². The Hall–Kier alpha value is -3.56. The molecule has 0 aliphatic carbocycles. The lowest BCUT2D eigenvalue weighted by Crippen LogP contribution is -2.45. The average molecular weight is 485 g/mol. The van der Waals surface area contributed by atoms with Crippen molar-refractivity contribution in [2.75, 3.05) is 31.6 Å². The van der Waals surface area contributed by atoms with E-state index in [2.05, 4.69) is 27.1 Å². The van der Waals surface area contributed by atoms with Gasteiger partial charge in [-0.2, -0.15) is 0 Å². The van der Waals surface area contributed by atoms with Crippen LogP contribution in [0.1, 0.15) is 24.1 Å². The number of aromatic nitrogens is 3. The van der Waals surface area contributed by atoms with Gasteiger partial charge in [-0.1, -0.05) is 18.2 Å². The van der Waals surface area contributed by atoms with E-state index in [4.69, 9.17) is 9.97 Å². The standard InChI is InChI=1S/C26H24N6O2S/c1-31-9-6-14-13-32(10-7-19(14)31)26-28-18-5-3-2-4-16(18)22(29-26)21-20(23(33)30-24(21)34)17-12-27-25-15(17)8-11-35-25/h2-5,8,11-12,14,19,27H,6-7,9-10,13H2,1H3,(H,30,33,34). The molecule has 0 radical (unpaired) electrons. The van der Waals surface area contributed by atoms with Crippen molar-refractivity contribution in [3.63, 3.8) is 0 Å². The zero-order valence-electron chi connectivity index (χ0n) is 19.2. The molecule has 2 saturated heterocycles.